The highest BCUT2D eigenvalue weighted by Crippen LogP contribution is 2.38. The molecule has 0 bridgehead atoms. The van der Waals surface area contributed by atoms with Gasteiger partial charge >= 0.3 is 0 Å². The number of nitrogens with two attached hydrogens (primary N) is 1. The Hall–Kier alpha value is -1.92. The second-order valence-corrected chi connectivity index (χ2v) is 9.37. The van der Waals surface area contributed by atoms with Gasteiger partial charge in [0.15, 0.2) is 0 Å². The monoisotopic (exact) mass is 385 g/mol. The van der Waals surface area contributed by atoms with E-state index < -0.39 is 0 Å². The van der Waals surface area contributed by atoms with Gasteiger partial charge in [-0.25, -0.2) is 0 Å². The summed E-state index contributed by atoms with van der Waals surface area (Å²) in [4.78, 5) is 17.9. The molecule has 0 spiro atoms. The van der Waals surface area contributed by atoms with E-state index in [4.69, 9.17) is 5.73 Å². The van der Waals surface area contributed by atoms with Crippen molar-refractivity contribution in [2.45, 2.75) is 42.8 Å². The molecule has 6 heteroatoms. The number of thiophene rings is 1. The number of carbonyl (C=O) groups is 1. The van der Waals surface area contributed by atoms with Crippen molar-refractivity contribution in [3.8, 4) is 0 Å². The van der Waals surface area contributed by atoms with E-state index in [9.17, 15) is 4.79 Å². The number of H-pyrrole nitrogens is 1. The third-order valence-corrected chi connectivity index (χ3v) is 7.26. The first kappa shape index (κ1) is 17.5. The maximum Gasteiger partial charge on any atom is 0.251 e. The van der Waals surface area contributed by atoms with Crippen molar-refractivity contribution in [3.63, 3.8) is 0 Å². The molecular weight excluding hydrogens is 362 g/mol. The maximum absolute atomic E-state index is 12.0. The molecule has 0 fully saturated rings. The number of rotatable bonds is 6. The van der Waals surface area contributed by atoms with E-state index >= 15 is 0 Å². The normalized spacial score (nSPS) is 15.0. The Morgan fingerprint density at radius 2 is 2.15 bits per heavy atom. The van der Waals surface area contributed by atoms with Crippen LogP contribution in [0.1, 0.15) is 40.6 Å². The van der Waals surface area contributed by atoms with E-state index in [1.54, 1.807) is 11.3 Å². The van der Waals surface area contributed by atoms with Crippen LogP contribution in [-0.4, -0.2) is 22.7 Å². The third-order valence-electron chi connectivity index (χ3n) is 4.85. The smallest absolute Gasteiger partial charge is 0.251 e. The fraction of sp³-hybridized carbons (Fsp3) is 0.350. The molecule has 4 N–H and O–H groups in total. The second-order valence-electron chi connectivity index (χ2n) is 6.79. The molecule has 1 amide bonds. The quantitative estimate of drug-likeness (QED) is 0.534. The van der Waals surface area contributed by atoms with E-state index in [1.807, 2.05) is 17.8 Å². The van der Waals surface area contributed by atoms with Crippen LogP contribution in [0, 0.1) is 0 Å². The molecule has 136 valence electrons. The van der Waals surface area contributed by atoms with Crippen molar-refractivity contribution in [2.24, 2.45) is 5.73 Å². The van der Waals surface area contributed by atoms with Gasteiger partial charge in [-0.1, -0.05) is 25.1 Å². The van der Waals surface area contributed by atoms with Gasteiger partial charge in [-0.3, -0.25) is 4.79 Å². The second kappa shape index (κ2) is 7.37. The number of aromatic nitrogens is 1. The summed E-state index contributed by atoms with van der Waals surface area (Å²) >= 11 is 3.56. The Kier molecular flexibility index (Phi) is 4.96. The first-order valence-corrected chi connectivity index (χ1v) is 10.7. The van der Waals surface area contributed by atoms with Gasteiger partial charge in [0.05, 0.1) is 5.56 Å². The number of thioether (sulfide) groups is 1. The van der Waals surface area contributed by atoms with E-state index in [2.05, 4.69) is 41.6 Å². The highest BCUT2D eigenvalue weighted by atomic mass is 32.2. The lowest BCUT2D eigenvalue weighted by molar-refractivity contribution is 0.100. The molecule has 0 saturated carbocycles. The molecule has 3 aromatic rings. The molecule has 1 unspecified atom stereocenters. The van der Waals surface area contributed by atoms with Gasteiger partial charge in [-0.2, -0.15) is 0 Å². The standard InChI is InChI=1S/C20H23N3OS2/c1-12(25-17-11-22-15-8-4-2-6-13(15)17)10-23-20-18(19(21)24)14-7-3-5-9-16(14)26-20/h2,4,6,8,11-12,22-23H,3,5,7,9-10H2,1H3,(H2,21,24). The summed E-state index contributed by atoms with van der Waals surface area (Å²) in [5.41, 5.74) is 8.76. The van der Waals surface area contributed by atoms with E-state index in [1.165, 1.54) is 27.1 Å². The minimum absolute atomic E-state index is 0.302. The minimum atomic E-state index is -0.302. The van der Waals surface area contributed by atoms with Crippen LogP contribution in [0.3, 0.4) is 0 Å². The van der Waals surface area contributed by atoms with Crippen molar-refractivity contribution < 1.29 is 4.79 Å². The SMILES string of the molecule is CC(CNc1sc2c(c1C(N)=O)CCCC2)Sc1c[nH]c2ccccc12. The average molecular weight is 386 g/mol. The first-order valence-electron chi connectivity index (χ1n) is 9.04. The van der Waals surface area contributed by atoms with Crippen LogP contribution < -0.4 is 11.1 Å². The summed E-state index contributed by atoms with van der Waals surface area (Å²) in [5.74, 6) is -0.302. The number of anilines is 1. The molecule has 1 aromatic carbocycles. The summed E-state index contributed by atoms with van der Waals surface area (Å²) in [6, 6.07) is 8.35. The van der Waals surface area contributed by atoms with E-state index in [-0.39, 0.29) is 5.91 Å². The average Bonchev–Trinajstić information content (AvgIpc) is 3.21. The first-order chi connectivity index (χ1) is 12.6. The Labute approximate surface area is 161 Å². The van der Waals surface area contributed by atoms with Crippen LogP contribution in [0.5, 0.6) is 0 Å². The van der Waals surface area contributed by atoms with Crippen LogP contribution in [-0.2, 0) is 12.8 Å². The van der Waals surface area contributed by atoms with Crippen LogP contribution in [0.15, 0.2) is 35.4 Å². The maximum atomic E-state index is 12.0. The lowest BCUT2D eigenvalue weighted by Crippen LogP contribution is -2.18. The summed E-state index contributed by atoms with van der Waals surface area (Å²) < 4.78 is 0. The van der Waals surface area contributed by atoms with Crippen LogP contribution in [0.4, 0.5) is 5.00 Å². The lowest BCUT2D eigenvalue weighted by Gasteiger charge is -2.13. The number of amides is 1. The molecular formula is C20H23N3OS2. The minimum Gasteiger partial charge on any atom is -0.375 e. The van der Waals surface area contributed by atoms with Crippen molar-refractivity contribution in [2.75, 3.05) is 11.9 Å². The molecule has 1 aliphatic rings. The zero-order chi connectivity index (χ0) is 18.1. The van der Waals surface area contributed by atoms with E-state index in [0.717, 1.165) is 41.9 Å². The number of aryl methyl sites for hydroxylation is 1. The zero-order valence-electron chi connectivity index (χ0n) is 14.8. The molecule has 0 aliphatic heterocycles. The van der Waals surface area contributed by atoms with Crippen LogP contribution in [0.2, 0.25) is 0 Å². The third kappa shape index (κ3) is 3.35. The number of fused-ring (bicyclic) bond motifs is 2. The fourth-order valence-corrected chi connectivity index (χ4v) is 5.92. The Morgan fingerprint density at radius 3 is 3.00 bits per heavy atom. The summed E-state index contributed by atoms with van der Waals surface area (Å²) in [6.07, 6.45) is 6.48. The van der Waals surface area contributed by atoms with Gasteiger partial charge in [0.1, 0.15) is 5.00 Å². The topological polar surface area (TPSA) is 70.9 Å². The highest BCUT2D eigenvalue weighted by Gasteiger charge is 2.24. The molecule has 26 heavy (non-hydrogen) atoms. The molecule has 1 aliphatic carbocycles. The summed E-state index contributed by atoms with van der Waals surface area (Å²) in [5, 5.41) is 6.08. The number of carbonyl (C=O) groups excluding carboxylic acids is 1. The molecule has 2 heterocycles. The molecule has 2 aromatic heterocycles. The van der Waals surface area contributed by atoms with Gasteiger partial charge in [0.25, 0.3) is 5.91 Å². The summed E-state index contributed by atoms with van der Waals surface area (Å²) in [7, 11) is 0. The van der Waals surface area contributed by atoms with Crippen LogP contribution >= 0.6 is 23.1 Å². The number of aromatic amines is 1. The number of hydrogen-bond acceptors (Lipinski definition) is 4. The van der Waals surface area contributed by atoms with Gasteiger partial charge in [0.2, 0.25) is 0 Å². The molecule has 0 radical (unpaired) electrons. The van der Waals surface area contributed by atoms with Gasteiger partial charge < -0.3 is 16.0 Å². The van der Waals surface area contributed by atoms with Crippen molar-refractivity contribution in [1.82, 2.24) is 4.98 Å². The molecule has 4 nitrogen and oxygen atoms in total. The Balaban J connectivity index is 1.47. The number of hydrogen-bond donors (Lipinski definition) is 3. The van der Waals surface area contributed by atoms with Crippen molar-refractivity contribution >= 4 is 44.9 Å². The van der Waals surface area contributed by atoms with E-state index in [0.29, 0.717) is 5.25 Å². The van der Waals surface area contributed by atoms with Gasteiger partial charge in [0, 0.05) is 38.7 Å². The summed E-state index contributed by atoms with van der Waals surface area (Å²) in [6.45, 7) is 3.00. The zero-order valence-corrected chi connectivity index (χ0v) is 16.4. The Bertz CT molecular complexity index is 944. The molecule has 1 atom stereocenters. The predicted octanol–water partition coefficient (Wildman–Crippen LogP) is 4.80. The number of primary amides is 1. The molecule has 4 rings (SSSR count). The van der Waals surface area contributed by atoms with Crippen molar-refractivity contribution in [3.05, 3.63) is 46.5 Å². The highest BCUT2D eigenvalue weighted by molar-refractivity contribution is 8.00. The number of nitrogens with one attached hydrogen (secondary N) is 2. The van der Waals surface area contributed by atoms with Gasteiger partial charge in [-0.05, 0) is 37.3 Å². The van der Waals surface area contributed by atoms with Crippen molar-refractivity contribution in [1.29, 1.82) is 0 Å². The van der Waals surface area contributed by atoms with Crippen LogP contribution in [0.25, 0.3) is 10.9 Å². The number of para-hydroxylation sites is 1. The largest absolute Gasteiger partial charge is 0.375 e. The fourth-order valence-electron chi connectivity index (χ4n) is 3.59. The number of benzene rings is 1. The van der Waals surface area contributed by atoms with Gasteiger partial charge in [-0.15, -0.1) is 23.1 Å². The predicted molar refractivity (Wildman–Crippen MR) is 112 cm³/mol. The lowest BCUT2D eigenvalue weighted by atomic mass is 9.95. The Morgan fingerprint density at radius 1 is 1.35 bits per heavy atom. The molecule has 0 saturated heterocycles.